The highest BCUT2D eigenvalue weighted by Crippen LogP contribution is 2.35. The molecule has 2 heterocycles. The van der Waals surface area contributed by atoms with Gasteiger partial charge >= 0.3 is 0 Å². The van der Waals surface area contributed by atoms with Crippen LogP contribution in [0.25, 0.3) is 0 Å². The molecule has 29 heavy (non-hydrogen) atoms. The van der Waals surface area contributed by atoms with Gasteiger partial charge in [0.05, 0.1) is 17.0 Å². The topological polar surface area (TPSA) is 59.5 Å². The molecule has 1 aromatic carbocycles. The predicted octanol–water partition coefficient (Wildman–Crippen LogP) is 4.87. The van der Waals surface area contributed by atoms with Gasteiger partial charge in [-0.3, -0.25) is 0 Å². The summed E-state index contributed by atoms with van der Waals surface area (Å²) in [5.74, 6) is -1.54. The summed E-state index contributed by atoms with van der Waals surface area (Å²) in [4.78, 5) is 4.87. The number of benzene rings is 1. The molecule has 0 atom stereocenters. The van der Waals surface area contributed by atoms with Crippen LogP contribution in [0, 0.1) is 0 Å². The van der Waals surface area contributed by atoms with Crippen molar-refractivity contribution in [1.82, 2.24) is 9.29 Å². The molecule has 0 N–H and O–H groups in total. The van der Waals surface area contributed by atoms with E-state index < -0.39 is 15.8 Å². The first-order valence-electron chi connectivity index (χ1n) is 9.11. The fourth-order valence-electron chi connectivity index (χ4n) is 3.01. The van der Waals surface area contributed by atoms with Crippen molar-refractivity contribution < 1.29 is 21.9 Å². The van der Waals surface area contributed by atoms with Crippen LogP contribution in [0.5, 0.6) is 5.75 Å². The Bertz CT molecular complexity index is 919. The molecule has 10 heteroatoms. The lowest BCUT2D eigenvalue weighted by Crippen LogP contribution is -2.35. The van der Waals surface area contributed by atoms with Crippen molar-refractivity contribution in [3.8, 4) is 5.75 Å². The third-order valence-corrected chi connectivity index (χ3v) is 8.16. The zero-order valence-corrected chi connectivity index (χ0v) is 18.3. The minimum Gasteiger partial charge on any atom is -0.496 e. The fourth-order valence-corrected chi connectivity index (χ4v) is 5.86. The van der Waals surface area contributed by atoms with E-state index in [9.17, 15) is 17.2 Å². The lowest BCUT2D eigenvalue weighted by atomic mass is 10.2. The number of thioether (sulfide) groups is 2. The van der Waals surface area contributed by atoms with E-state index in [2.05, 4.69) is 4.98 Å². The van der Waals surface area contributed by atoms with Gasteiger partial charge in [-0.05, 0) is 42.7 Å². The molecule has 1 fully saturated rings. The molecule has 1 aliphatic heterocycles. The first-order chi connectivity index (χ1) is 13.9. The van der Waals surface area contributed by atoms with E-state index in [0.717, 1.165) is 24.8 Å². The van der Waals surface area contributed by atoms with Crippen molar-refractivity contribution in [2.24, 2.45) is 0 Å². The van der Waals surface area contributed by atoms with Gasteiger partial charge in [0, 0.05) is 25.0 Å². The molecule has 1 saturated heterocycles. The van der Waals surface area contributed by atoms with E-state index >= 15 is 0 Å². The minimum absolute atomic E-state index is 0.207. The number of aromatic nitrogens is 1. The van der Waals surface area contributed by atoms with Gasteiger partial charge in [0.1, 0.15) is 10.6 Å². The number of pyridine rings is 1. The number of rotatable bonds is 8. The predicted molar refractivity (Wildman–Crippen MR) is 111 cm³/mol. The third kappa shape index (κ3) is 5.84. The Balaban J connectivity index is 1.64. The highest BCUT2D eigenvalue weighted by Gasteiger charge is 2.26. The molecule has 158 valence electrons. The third-order valence-electron chi connectivity index (χ3n) is 4.49. The lowest BCUT2D eigenvalue weighted by molar-refractivity contribution is 0.251. The zero-order valence-electron chi connectivity index (χ0n) is 15.9. The fraction of sp³-hybridized carbons (Fsp3) is 0.421. The second kappa shape index (κ2) is 10.1. The second-order valence-electron chi connectivity index (χ2n) is 6.45. The van der Waals surface area contributed by atoms with Crippen LogP contribution in [0.2, 0.25) is 0 Å². The number of piperidine rings is 1. The molecule has 0 aliphatic carbocycles. The van der Waals surface area contributed by atoms with Gasteiger partial charge in [0.2, 0.25) is 10.0 Å². The number of hydrogen-bond acceptors (Lipinski definition) is 6. The first-order valence-corrected chi connectivity index (χ1v) is 12.4. The summed E-state index contributed by atoms with van der Waals surface area (Å²) in [6.07, 6.45) is 4.24. The van der Waals surface area contributed by atoms with Crippen molar-refractivity contribution in [3.63, 3.8) is 0 Å². The van der Waals surface area contributed by atoms with E-state index in [0.29, 0.717) is 46.3 Å². The van der Waals surface area contributed by atoms with Crippen LogP contribution in [0.15, 0.2) is 51.3 Å². The van der Waals surface area contributed by atoms with Gasteiger partial charge in [-0.1, -0.05) is 24.2 Å². The Morgan fingerprint density at radius 3 is 2.55 bits per heavy atom. The van der Waals surface area contributed by atoms with E-state index in [4.69, 9.17) is 4.74 Å². The van der Waals surface area contributed by atoms with Gasteiger partial charge in [-0.2, -0.15) is 13.1 Å². The SMILES string of the molecule is COc1cc(CSc2ccc(S(=O)(=O)N3CCCCC3)cn2)ccc1SC(F)F. The molecule has 3 rings (SSSR count). The molecular formula is C19H22F2N2O3S3. The van der Waals surface area contributed by atoms with Crippen LogP contribution in [0.4, 0.5) is 8.78 Å². The molecule has 0 amide bonds. The number of halogens is 2. The average molecular weight is 461 g/mol. The molecule has 0 bridgehead atoms. The summed E-state index contributed by atoms with van der Waals surface area (Å²) in [5, 5.41) is 0.688. The minimum atomic E-state index is -3.49. The summed E-state index contributed by atoms with van der Waals surface area (Å²) in [6.45, 7) is 1.11. The van der Waals surface area contributed by atoms with Crippen LogP contribution in [-0.2, 0) is 15.8 Å². The molecule has 1 aliphatic rings. The maximum Gasteiger partial charge on any atom is 0.289 e. The van der Waals surface area contributed by atoms with Crippen molar-refractivity contribution in [2.75, 3.05) is 20.2 Å². The first kappa shape index (κ1) is 22.3. The van der Waals surface area contributed by atoms with Gasteiger partial charge in [0.15, 0.2) is 0 Å². The van der Waals surface area contributed by atoms with Crippen LogP contribution in [-0.4, -0.2) is 43.7 Å². The van der Waals surface area contributed by atoms with Crippen molar-refractivity contribution in [3.05, 3.63) is 42.1 Å². The average Bonchev–Trinajstić information content (AvgIpc) is 2.73. The number of nitrogens with zero attached hydrogens (tertiary/aromatic N) is 2. The second-order valence-corrected chi connectivity index (χ2v) is 10.4. The summed E-state index contributed by atoms with van der Waals surface area (Å²) in [7, 11) is -2.04. The van der Waals surface area contributed by atoms with E-state index in [1.54, 1.807) is 30.3 Å². The molecule has 2 aromatic rings. The monoisotopic (exact) mass is 460 g/mol. The van der Waals surface area contributed by atoms with Crippen molar-refractivity contribution in [1.29, 1.82) is 0 Å². The standard InChI is InChI=1S/C19H22F2N2O3S3/c1-26-16-11-14(5-7-17(16)28-19(20)21)13-27-18-8-6-15(12-22-18)29(24,25)23-9-3-2-4-10-23/h5-8,11-12,19H,2-4,9-10,13H2,1H3. The Morgan fingerprint density at radius 1 is 1.17 bits per heavy atom. The maximum atomic E-state index is 12.7. The van der Waals surface area contributed by atoms with Gasteiger partial charge in [-0.25, -0.2) is 13.4 Å². The van der Waals surface area contributed by atoms with Crippen molar-refractivity contribution >= 4 is 33.5 Å². The smallest absolute Gasteiger partial charge is 0.289 e. The van der Waals surface area contributed by atoms with Crippen LogP contribution >= 0.6 is 23.5 Å². The molecule has 5 nitrogen and oxygen atoms in total. The Morgan fingerprint density at radius 2 is 1.93 bits per heavy atom. The summed E-state index contributed by atoms with van der Waals surface area (Å²) >= 11 is 1.89. The Kier molecular flexibility index (Phi) is 7.78. The normalized spacial score (nSPS) is 15.6. The quantitative estimate of drug-likeness (QED) is 0.524. The highest BCUT2D eigenvalue weighted by atomic mass is 32.2. The lowest BCUT2D eigenvalue weighted by Gasteiger charge is -2.25. The summed E-state index contributed by atoms with van der Waals surface area (Å²) < 4.78 is 57.2. The number of methoxy groups -OCH3 is 1. The molecular weight excluding hydrogens is 438 g/mol. The summed E-state index contributed by atoms with van der Waals surface area (Å²) in [5.41, 5.74) is 0.900. The van der Waals surface area contributed by atoms with Gasteiger partial charge < -0.3 is 4.74 Å². The van der Waals surface area contributed by atoms with E-state index in [-0.39, 0.29) is 4.90 Å². The zero-order chi connectivity index (χ0) is 20.9. The largest absolute Gasteiger partial charge is 0.496 e. The molecule has 0 radical (unpaired) electrons. The Hall–Kier alpha value is -1.36. The van der Waals surface area contributed by atoms with Gasteiger partial charge in [-0.15, -0.1) is 11.8 Å². The van der Waals surface area contributed by atoms with Crippen LogP contribution in [0.3, 0.4) is 0 Å². The molecule has 1 aromatic heterocycles. The maximum absolute atomic E-state index is 12.7. The molecule has 0 unspecified atom stereocenters. The van der Waals surface area contributed by atoms with E-state index in [1.807, 2.05) is 0 Å². The number of sulfonamides is 1. The number of ether oxygens (including phenoxy) is 1. The summed E-state index contributed by atoms with van der Waals surface area (Å²) in [6, 6.07) is 8.40. The highest BCUT2D eigenvalue weighted by molar-refractivity contribution is 7.99. The van der Waals surface area contributed by atoms with Crippen LogP contribution < -0.4 is 4.74 Å². The van der Waals surface area contributed by atoms with E-state index in [1.165, 1.54) is 29.4 Å². The molecule has 0 saturated carbocycles. The Labute approximate surface area is 178 Å². The van der Waals surface area contributed by atoms with Gasteiger partial charge in [0.25, 0.3) is 5.76 Å². The number of hydrogen-bond donors (Lipinski definition) is 0. The van der Waals surface area contributed by atoms with Crippen molar-refractivity contribution in [2.45, 2.75) is 45.6 Å². The van der Waals surface area contributed by atoms with Crippen LogP contribution in [0.1, 0.15) is 24.8 Å². The number of alkyl halides is 2. The molecule has 0 spiro atoms.